The van der Waals surface area contributed by atoms with Crippen molar-refractivity contribution in [2.24, 2.45) is 0 Å². The Bertz CT molecular complexity index is 1620. The van der Waals surface area contributed by atoms with Gasteiger partial charge in [0.1, 0.15) is 12.6 Å². The van der Waals surface area contributed by atoms with Gasteiger partial charge in [-0.05, 0) is 55.8 Å². The number of benzene rings is 4. The number of nitrogens with zero attached hydrogens (tertiary/aromatic N) is 2. The molecule has 0 unspecified atom stereocenters. The van der Waals surface area contributed by atoms with Crippen molar-refractivity contribution >= 4 is 50.7 Å². The van der Waals surface area contributed by atoms with Crippen molar-refractivity contribution in [3.05, 3.63) is 130 Å². The van der Waals surface area contributed by atoms with Crippen molar-refractivity contribution in [3.63, 3.8) is 0 Å². The summed E-state index contributed by atoms with van der Waals surface area (Å²) in [5.41, 5.74) is 1.58. The number of halogens is 2. The van der Waals surface area contributed by atoms with E-state index in [0.29, 0.717) is 21.3 Å². The van der Waals surface area contributed by atoms with Crippen molar-refractivity contribution in [2.75, 3.05) is 10.8 Å². The molecule has 7 nitrogen and oxygen atoms in total. The maximum absolute atomic E-state index is 14.4. The minimum absolute atomic E-state index is 0.0331. The molecule has 2 amide bonds. The van der Waals surface area contributed by atoms with E-state index in [-0.39, 0.29) is 29.8 Å². The van der Waals surface area contributed by atoms with Crippen molar-refractivity contribution in [1.82, 2.24) is 10.2 Å². The minimum Gasteiger partial charge on any atom is -0.352 e. The van der Waals surface area contributed by atoms with E-state index in [1.807, 2.05) is 44.2 Å². The van der Waals surface area contributed by atoms with Crippen LogP contribution in [-0.4, -0.2) is 43.8 Å². The molecule has 0 fully saturated rings. The molecular formula is C33H33Cl2N3O4S. The molecule has 10 heteroatoms. The van der Waals surface area contributed by atoms with E-state index in [2.05, 4.69) is 5.32 Å². The van der Waals surface area contributed by atoms with Crippen molar-refractivity contribution in [2.45, 2.75) is 43.8 Å². The van der Waals surface area contributed by atoms with Crippen molar-refractivity contribution in [1.29, 1.82) is 0 Å². The fourth-order valence-electron chi connectivity index (χ4n) is 4.63. The maximum atomic E-state index is 14.4. The lowest BCUT2D eigenvalue weighted by Crippen LogP contribution is -2.54. The molecule has 0 aliphatic heterocycles. The van der Waals surface area contributed by atoms with Gasteiger partial charge in [-0.25, -0.2) is 8.42 Å². The average Bonchev–Trinajstić information content (AvgIpc) is 2.99. The zero-order chi connectivity index (χ0) is 31.0. The predicted molar refractivity (Wildman–Crippen MR) is 172 cm³/mol. The van der Waals surface area contributed by atoms with Gasteiger partial charge in [0.25, 0.3) is 10.0 Å². The van der Waals surface area contributed by atoms with Gasteiger partial charge in [-0.2, -0.15) is 0 Å². The molecule has 0 heterocycles. The lowest BCUT2D eigenvalue weighted by Gasteiger charge is -2.34. The Hall–Kier alpha value is -3.85. The number of nitrogens with one attached hydrogen (secondary N) is 1. The molecule has 4 rings (SSSR count). The van der Waals surface area contributed by atoms with E-state index in [0.717, 1.165) is 9.87 Å². The summed E-state index contributed by atoms with van der Waals surface area (Å²) in [7, 11) is -4.16. The van der Waals surface area contributed by atoms with Gasteiger partial charge in [0.05, 0.1) is 10.6 Å². The van der Waals surface area contributed by atoms with Crippen LogP contribution in [0, 0.1) is 0 Å². The Morgan fingerprint density at radius 3 is 1.86 bits per heavy atom. The molecule has 1 N–H and O–H groups in total. The molecule has 4 aromatic rings. The van der Waals surface area contributed by atoms with Crippen LogP contribution in [0.25, 0.3) is 0 Å². The molecule has 224 valence electrons. The van der Waals surface area contributed by atoms with Gasteiger partial charge in [-0.15, -0.1) is 0 Å². The third-order valence-electron chi connectivity index (χ3n) is 6.75. The molecule has 1 atom stereocenters. The van der Waals surface area contributed by atoms with Gasteiger partial charge in [-0.3, -0.25) is 13.9 Å². The van der Waals surface area contributed by atoms with E-state index in [1.54, 1.807) is 66.7 Å². The molecule has 0 aliphatic carbocycles. The number of para-hydroxylation sites is 1. The quantitative estimate of drug-likeness (QED) is 0.196. The van der Waals surface area contributed by atoms with Crippen LogP contribution in [0.1, 0.15) is 25.0 Å². The molecule has 4 aromatic carbocycles. The molecular weight excluding hydrogens is 605 g/mol. The standard InChI is InChI=1S/C33H33Cl2N3O4S/c1-24(2)36-33(40)31(21-25-13-6-3-7-14-25)37(22-28-29(34)19-12-20-30(28)35)32(39)23-38(26-15-8-4-9-16-26)43(41,42)27-17-10-5-11-18-27/h3-20,24,31H,21-23H2,1-2H3,(H,36,40)/t31-/m1/s1. The zero-order valence-electron chi connectivity index (χ0n) is 23.9. The van der Waals surface area contributed by atoms with Crippen LogP contribution in [0.15, 0.2) is 114 Å². The Morgan fingerprint density at radius 2 is 1.30 bits per heavy atom. The summed E-state index contributed by atoms with van der Waals surface area (Å²) in [6.07, 6.45) is 0.185. The summed E-state index contributed by atoms with van der Waals surface area (Å²) in [6.45, 7) is 2.98. The first-order valence-corrected chi connectivity index (χ1v) is 16.0. The van der Waals surface area contributed by atoms with Gasteiger partial charge in [-0.1, -0.05) is 96.0 Å². The third-order valence-corrected chi connectivity index (χ3v) is 9.24. The highest BCUT2D eigenvalue weighted by Gasteiger charge is 2.35. The largest absolute Gasteiger partial charge is 0.352 e. The number of carbonyl (C=O) groups is 2. The highest BCUT2D eigenvalue weighted by molar-refractivity contribution is 7.92. The van der Waals surface area contributed by atoms with E-state index < -0.39 is 28.5 Å². The summed E-state index contributed by atoms with van der Waals surface area (Å²) in [5, 5.41) is 3.57. The summed E-state index contributed by atoms with van der Waals surface area (Å²) < 4.78 is 28.9. The molecule has 0 aliphatic rings. The average molecular weight is 639 g/mol. The van der Waals surface area contributed by atoms with Crippen LogP contribution in [0.4, 0.5) is 5.69 Å². The van der Waals surface area contributed by atoms with Gasteiger partial charge < -0.3 is 10.2 Å². The zero-order valence-corrected chi connectivity index (χ0v) is 26.2. The summed E-state index contributed by atoms with van der Waals surface area (Å²) >= 11 is 13.1. The van der Waals surface area contributed by atoms with Crippen LogP contribution >= 0.6 is 23.2 Å². The van der Waals surface area contributed by atoms with Gasteiger partial charge >= 0.3 is 0 Å². The fraction of sp³-hybridized carbons (Fsp3) is 0.212. The lowest BCUT2D eigenvalue weighted by atomic mass is 10.0. The van der Waals surface area contributed by atoms with E-state index in [1.165, 1.54) is 17.0 Å². The number of sulfonamides is 1. The summed E-state index contributed by atoms with van der Waals surface area (Å²) in [4.78, 5) is 29.5. The number of anilines is 1. The SMILES string of the molecule is CC(C)NC(=O)[C@@H](Cc1ccccc1)N(Cc1c(Cl)cccc1Cl)C(=O)CN(c1ccccc1)S(=O)(=O)c1ccccc1. The Morgan fingerprint density at radius 1 is 0.767 bits per heavy atom. The number of amides is 2. The predicted octanol–water partition coefficient (Wildman–Crippen LogP) is 6.35. The number of carbonyl (C=O) groups excluding carboxylic acids is 2. The van der Waals surface area contributed by atoms with Crippen molar-refractivity contribution < 1.29 is 18.0 Å². The number of rotatable bonds is 12. The molecule has 0 saturated carbocycles. The second-order valence-corrected chi connectivity index (χ2v) is 12.9. The topological polar surface area (TPSA) is 86.8 Å². The molecule has 0 radical (unpaired) electrons. The summed E-state index contributed by atoms with van der Waals surface area (Å²) in [5.74, 6) is -0.980. The van der Waals surface area contributed by atoms with Crippen LogP contribution in [0.5, 0.6) is 0 Å². The maximum Gasteiger partial charge on any atom is 0.264 e. The fourth-order valence-corrected chi connectivity index (χ4v) is 6.58. The smallest absolute Gasteiger partial charge is 0.264 e. The first-order valence-electron chi connectivity index (χ1n) is 13.8. The third kappa shape index (κ3) is 8.16. The number of hydrogen-bond acceptors (Lipinski definition) is 4. The number of hydrogen-bond donors (Lipinski definition) is 1. The van der Waals surface area contributed by atoms with Crippen LogP contribution in [0.3, 0.4) is 0 Å². The highest BCUT2D eigenvalue weighted by Crippen LogP contribution is 2.29. The molecule has 0 saturated heterocycles. The molecule has 0 bridgehead atoms. The lowest BCUT2D eigenvalue weighted by molar-refractivity contribution is -0.140. The molecule has 0 aromatic heterocycles. The summed E-state index contributed by atoms with van der Waals surface area (Å²) in [6, 6.07) is 29.4. The van der Waals surface area contributed by atoms with E-state index in [4.69, 9.17) is 23.2 Å². The van der Waals surface area contributed by atoms with Crippen molar-refractivity contribution in [3.8, 4) is 0 Å². The Kier molecular flexibility index (Phi) is 10.9. The first kappa shape index (κ1) is 32.1. The Balaban J connectivity index is 1.82. The van der Waals surface area contributed by atoms with Gasteiger partial charge in [0.15, 0.2) is 0 Å². The van der Waals surface area contributed by atoms with E-state index >= 15 is 0 Å². The second-order valence-electron chi connectivity index (χ2n) is 10.3. The van der Waals surface area contributed by atoms with Crippen LogP contribution < -0.4 is 9.62 Å². The van der Waals surface area contributed by atoms with Gasteiger partial charge in [0.2, 0.25) is 11.8 Å². The van der Waals surface area contributed by atoms with Crippen LogP contribution in [-0.2, 0) is 32.6 Å². The van der Waals surface area contributed by atoms with E-state index in [9.17, 15) is 18.0 Å². The second kappa shape index (κ2) is 14.6. The monoisotopic (exact) mass is 637 g/mol. The normalized spacial score (nSPS) is 12.0. The molecule has 0 spiro atoms. The minimum atomic E-state index is -4.16. The molecule has 43 heavy (non-hydrogen) atoms. The van der Waals surface area contributed by atoms with Gasteiger partial charge in [0, 0.05) is 34.6 Å². The van der Waals surface area contributed by atoms with Crippen LogP contribution in [0.2, 0.25) is 10.0 Å². The Labute approximate surface area is 263 Å². The highest BCUT2D eigenvalue weighted by atomic mass is 35.5. The first-order chi connectivity index (χ1) is 20.6.